The average Bonchev–Trinajstić information content (AvgIpc) is 2.81. The van der Waals surface area contributed by atoms with Crippen molar-refractivity contribution in [3.63, 3.8) is 0 Å². The molecule has 1 aromatic heterocycles. The molecule has 1 unspecified atom stereocenters. The third-order valence-electron chi connectivity index (χ3n) is 3.57. The number of amides is 1. The topological polar surface area (TPSA) is 61.4 Å². The Balaban J connectivity index is 2.12. The molecular weight excluding hydrogens is 274 g/mol. The molecule has 0 aliphatic carbocycles. The van der Waals surface area contributed by atoms with Crippen molar-refractivity contribution < 1.29 is 4.79 Å². The highest BCUT2D eigenvalue weighted by atomic mass is 32.1. The summed E-state index contributed by atoms with van der Waals surface area (Å²) in [4.78, 5) is 16.9. The van der Waals surface area contributed by atoms with E-state index in [0.717, 1.165) is 44.2 Å². The van der Waals surface area contributed by atoms with Gasteiger partial charge in [-0.05, 0) is 33.4 Å². The van der Waals surface area contributed by atoms with Gasteiger partial charge in [-0.15, -0.1) is 10.2 Å². The van der Waals surface area contributed by atoms with Gasteiger partial charge < -0.3 is 15.1 Å². The lowest BCUT2D eigenvalue weighted by molar-refractivity contribution is 0.0674. The van der Waals surface area contributed by atoms with Crippen molar-refractivity contribution in [1.82, 2.24) is 20.0 Å². The molecule has 2 rings (SSSR count). The first kappa shape index (κ1) is 15.2. The Hall–Kier alpha value is -1.21. The first-order chi connectivity index (χ1) is 9.65. The zero-order chi connectivity index (χ0) is 14.5. The molecule has 1 aliphatic heterocycles. The number of hydrogen-bond acceptors (Lipinski definition) is 6. The summed E-state index contributed by atoms with van der Waals surface area (Å²) in [6.07, 6.45) is 1.98. The van der Waals surface area contributed by atoms with Crippen LogP contribution in [0.25, 0.3) is 0 Å². The van der Waals surface area contributed by atoms with E-state index in [1.807, 2.05) is 11.8 Å². The van der Waals surface area contributed by atoms with Crippen LogP contribution in [0.3, 0.4) is 0 Å². The Bertz CT molecular complexity index is 450. The van der Waals surface area contributed by atoms with E-state index in [0.29, 0.717) is 5.01 Å². The van der Waals surface area contributed by atoms with Crippen LogP contribution >= 0.6 is 11.3 Å². The quantitative estimate of drug-likeness (QED) is 0.913. The van der Waals surface area contributed by atoms with Crippen LogP contribution in [0.5, 0.6) is 0 Å². The summed E-state index contributed by atoms with van der Waals surface area (Å²) in [7, 11) is 2.12. The fourth-order valence-corrected chi connectivity index (χ4v) is 3.28. The maximum absolute atomic E-state index is 12.6. The van der Waals surface area contributed by atoms with E-state index in [1.165, 1.54) is 11.3 Å². The lowest BCUT2D eigenvalue weighted by Gasteiger charge is -2.29. The molecule has 1 atom stereocenters. The largest absolute Gasteiger partial charge is 0.360 e. The molecule has 1 fully saturated rings. The molecule has 0 bridgehead atoms. The van der Waals surface area contributed by atoms with Crippen LogP contribution in [0.2, 0.25) is 0 Å². The summed E-state index contributed by atoms with van der Waals surface area (Å²) in [5.74, 6) is 0.0220. The maximum atomic E-state index is 12.6. The molecule has 7 heteroatoms. The van der Waals surface area contributed by atoms with Gasteiger partial charge in [-0.3, -0.25) is 4.79 Å². The summed E-state index contributed by atoms with van der Waals surface area (Å²) < 4.78 is 0. The molecule has 1 amide bonds. The number of likely N-dealkylation sites (N-methyl/N-ethyl adjacent to an activating group) is 1. The van der Waals surface area contributed by atoms with Gasteiger partial charge in [-0.25, -0.2) is 0 Å². The monoisotopic (exact) mass is 297 g/mol. The number of aromatic nitrogens is 2. The Morgan fingerprint density at radius 3 is 2.90 bits per heavy atom. The van der Waals surface area contributed by atoms with Gasteiger partial charge in [0, 0.05) is 25.7 Å². The smallest absolute Gasteiger partial charge is 0.285 e. The summed E-state index contributed by atoms with van der Waals surface area (Å²) in [6, 6.07) is 0.265. The van der Waals surface area contributed by atoms with Crippen LogP contribution in [-0.4, -0.2) is 65.2 Å². The second kappa shape index (κ2) is 6.99. The zero-order valence-corrected chi connectivity index (χ0v) is 13.2. The van der Waals surface area contributed by atoms with Gasteiger partial charge in [0.2, 0.25) is 10.1 Å². The van der Waals surface area contributed by atoms with Gasteiger partial charge in [0.25, 0.3) is 5.91 Å². The van der Waals surface area contributed by atoms with Crippen LogP contribution < -0.4 is 5.32 Å². The SMILES string of the molecule is CCNc1nnc(C(=O)N2CCCN(C)CC2CC)s1. The molecule has 1 aliphatic rings. The molecule has 1 N–H and O–H groups in total. The minimum absolute atomic E-state index is 0.0220. The van der Waals surface area contributed by atoms with Crippen LogP contribution in [0, 0.1) is 0 Å². The Morgan fingerprint density at radius 1 is 1.40 bits per heavy atom. The number of hydrogen-bond donors (Lipinski definition) is 1. The van der Waals surface area contributed by atoms with Crippen LogP contribution in [-0.2, 0) is 0 Å². The van der Waals surface area contributed by atoms with Crippen LogP contribution in [0.1, 0.15) is 36.5 Å². The first-order valence-electron chi connectivity index (χ1n) is 7.22. The molecule has 0 spiro atoms. The lowest BCUT2D eigenvalue weighted by Crippen LogP contribution is -2.43. The maximum Gasteiger partial charge on any atom is 0.285 e. The molecule has 20 heavy (non-hydrogen) atoms. The predicted octanol–water partition coefficient (Wildman–Crippen LogP) is 1.53. The second-order valence-electron chi connectivity index (χ2n) is 5.12. The van der Waals surface area contributed by atoms with E-state index in [1.54, 1.807) is 0 Å². The molecule has 0 radical (unpaired) electrons. The van der Waals surface area contributed by atoms with Crippen molar-refractivity contribution in [2.75, 3.05) is 38.5 Å². The number of rotatable bonds is 4. The molecule has 0 saturated carbocycles. The van der Waals surface area contributed by atoms with Gasteiger partial charge in [0.1, 0.15) is 0 Å². The van der Waals surface area contributed by atoms with Gasteiger partial charge in [-0.2, -0.15) is 0 Å². The van der Waals surface area contributed by atoms with Crippen molar-refractivity contribution in [1.29, 1.82) is 0 Å². The van der Waals surface area contributed by atoms with Gasteiger partial charge in [0.05, 0.1) is 0 Å². The van der Waals surface area contributed by atoms with Crippen molar-refractivity contribution >= 4 is 22.4 Å². The third-order valence-corrected chi connectivity index (χ3v) is 4.44. The summed E-state index contributed by atoms with van der Waals surface area (Å²) in [5.41, 5.74) is 0. The van der Waals surface area contributed by atoms with E-state index in [-0.39, 0.29) is 11.9 Å². The van der Waals surface area contributed by atoms with Crippen molar-refractivity contribution in [2.45, 2.75) is 32.7 Å². The van der Waals surface area contributed by atoms with E-state index >= 15 is 0 Å². The number of carbonyl (C=O) groups excluding carboxylic acids is 1. The van der Waals surface area contributed by atoms with Crippen molar-refractivity contribution in [2.24, 2.45) is 0 Å². The Morgan fingerprint density at radius 2 is 2.20 bits per heavy atom. The highest BCUT2D eigenvalue weighted by Crippen LogP contribution is 2.20. The summed E-state index contributed by atoms with van der Waals surface area (Å²) in [6.45, 7) is 7.70. The lowest BCUT2D eigenvalue weighted by atomic mass is 10.2. The van der Waals surface area contributed by atoms with Crippen LogP contribution in [0.4, 0.5) is 5.13 Å². The number of anilines is 1. The van der Waals surface area contributed by atoms with Crippen molar-refractivity contribution in [3.05, 3.63) is 5.01 Å². The minimum Gasteiger partial charge on any atom is -0.360 e. The fourth-order valence-electron chi connectivity index (χ4n) is 2.52. The summed E-state index contributed by atoms with van der Waals surface area (Å²) in [5, 5.41) is 12.3. The third kappa shape index (κ3) is 3.46. The highest BCUT2D eigenvalue weighted by molar-refractivity contribution is 7.17. The Kier molecular flexibility index (Phi) is 5.31. The zero-order valence-electron chi connectivity index (χ0n) is 12.4. The molecule has 1 saturated heterocycles. The molecule has 1 aromatic rings. The van der Waals surface area contributed by atoms with E-state index in [2.05, 4.69) is 34.4 Å². The minimum atomic E-state index is 0.0220. The number of nitrogens with one attached hydrogen (secondary N) is 1. The Labute approximate surface area is 124 Å². The van der Waals surface area contributed by atoms with Gasteiger partial charge >= 0.3 is 0 Å². The number of carbonyl (C=O) groups is 1. The molecule has 112 valence electrons. The van der Waals surface area contributed by atoms with Crippen LogP contribution in [0.15, 0.2) is 0 Å². The normalized spacial score (nSPS) is 20.8. The fraction of sp³-hybridized carbons (Fsp3) is 0.769. The second-order valence-corrected chi connectivity index (χ2v) is 6.10. The standard InChI is InChI=1S/C13H23N5OS/c1-4-10-9-17(3)7-6-8-18(10)12(19)11-15-16-13(20-11)14-5-2/h10H,4-9H2,1-3H3,(H,14,16). The van der Waals surface area contributed by atoms with Gasteiger partial charge in [-0.1, -0.05) is 18.3 Å². The predicted molar refractivity (Wildman–Crippen MR) is 81.3 cm³/mol. The van der Waals surface area contributed by atoms with Gasteiger partial charge in [0.15, 0.2) is 0 Å². The number of nitrogens with zero attached hydrogens (tertiary/aromatic N) is 4. The van der Waals surface area contributed by atoms with E-state index in [4.69, 9.17) is 0 Å². The molecular formula is C13H23N5OS. The molecule has 6 nitrogen and oxygen atoms in total. The first-order valence-corrected chi connectivity index (χ1v) is 8.04. The molecule has 0 aromatic carbocycles. The van der Waals surface area contributed by atoms with E-state index in [9.17, 15) is 4.79 Å². The highest BCUT2D eigenvalue weighted by Gasteiger charge is 2.28. The summed E-state index contributed by atoms with van der Waals surface area (Å²) >= 11 is 1.34. The van der Waals surface area contributed by atoms with E-state index < -0.39 is 0 Å². The average molecular weight is 297 g/mol. The molecule has 2 heterocycles. The van der Waals surface area contributed by atoms with Crippen molar-refractivity contribution in [3.8, 4) is 0 Å².